The molecule has 0 aromatic heterocycles. The van der Waals surface area contributed by atoms with Gasteiger partial charge in [-0.2, -0.15) is 0 Å². The number of hydrogen-bond acceptors (Lipinski definition) is 3. The van der Waals surface area contributed by atoms with Crippen molar-refractivity contribution >= 4 is 22.5 Å². The molecular formula is C27H28O3. The van der Waals surface area contributed by atoms with Crippen molar-refractivity contribution in [2.24, 2.45) is 5.92 Å². The first-order chi connectivity index (χ1) is 14.5. The van der Waals surface area contributed by atoms with Gasteiger partial charge in [0.1, 0.15) is 6.10 Å². The summed E-state index contributed by atoms with van der Waals surface area (Å²) in [5.41, 5.74) is 1.44. The Balaban J connectivity index is 1.57. The number of ether oxygens (including phenoxy) is 1. The first-order valence-electron chi connectivity index (χ1n) is 10.8. The zero-order valence-corrected chi connectivity index (χ0v) is 17.6. The molecule has 3 aromatic rings. The van der Waals surface area contributed by atoms with Gasteiger partial charge in [-0.1, -0.05) is 93.1 Å². The minimum absolute atomic E-state index is 0.167. The summed E-state index contributed by atoms with van der Waals surface area (Å²) in [6.45, 7) is 4.46. The standard InChI is InChI=1S/C27H28O3/c1-27(2,22-17-16-19-10-6-7-13-21(19)18-22)23-14-8-9-15-24(23)30-26(29)25(28)20-11-4-3-5-12-20/h3-7,10-13,16-18,23-24H,8-9,14-15H2,1-2H3/t23-,24-/m0/s1. The molecule has 1 aliphatic carbocycles. The van der Waals surface area contributed by atoms with E-state index in [9.17, 15) is 9.59 Å². The fourth-order valence-corrected chi connectivity index (χ4v) is 4.77. The third-order valence-corrected chi connectivity index (χ3v) is 6.60. The molecule has 0 saturated heterocycles. The molecule has 3 nitrogen and oxygen atoms in total. The van der Waals surface area contributed by atoms with Gasteiger partial charge in [0.2, 0.25) is 0 Å². The van der Waals surface area contributed by atoms with Gasteiger partial charge in [-0.05, 0) is 41.0 Å². The van der Waals surface area contributed by atoms with Crippen molar-refractivity contribution in [2.45, 2.75) is 51.0 Å². The zero-order valence-electron chi connectivity index (χ0n) is 17.6. The summed E-state index contributed by atoms with van der Waals surface area (Å²) < 4.78 is 5.83. The fraction of sp³-hybridized carbons (Fsp3) is 0.333. The van der Waals surface area contributed by atoms with E-state index in [0.717, 1.165) is 25.7 Å². The van der Waals surface area contributed by atoms with Gasteiger partial charge in [-0.3, -0.25) is 4.79 Å². The van der Waals surface area contributed by atoms with Crippen molar-refractivity contribution in [3.63, 3.8) is 0 Å². The summed E-state index contributed by atoms with van der Waals surface area (Å²) in [7, 11) is 0. The van der Waals surface area contributed by atoms with E-state index >= 15 is 0 Å². The lowest BCUT2D eigenvalue weighted by atomic mass is 9.66. The van der Waals surface area contributed by atoms with E-state index in [1.54, 1.807) is 24.3 Å². The molecule has 0 heterocycles. The van der Waals surface area contributed by atoms with E-state index < -0.39 is 11.8 Å². The van der Waals surface area contributed by atoms with Crippen molar-refractivity contribution in [1.82, 2.24) is 0 Å². The molecule has 3 heteroatoms. The monoisotopic (exact) mass is 400 g/mol. The number of rotatable bonds is 5. The van der Waals surface area contributed by atoms with E-state index in [1.165, 1.54) is 16.3 Å². The first kappa shape index (κ1) is 20.3. The SMILES string of the molecule is CC(C)(c1ccc2ccccc2c1)[C@H]1CCCC[C@@H]1OC(=O)C(=O)c1ccccc1. The molecule has 3 aromatic carbocycles. The van der Waals surface area contributed by atoms with E-state index in [2.05, 4.69) is 50.2 Å². The maximum absolute atomic E-state index is 12.6. The summed E-state index contributed by atoms with van der Waals surface area (Å²) >= 11 is 0. The average Bonchev–Trinajstić information content (AvgIpc) is 2.79. The highest BCUT2D eigenvalue weighted by Crippen LogP contribution is 2.42. The van der Waals surface area contributed by atoms with Crippen molar-refractivity contribution in [3.05, 3.63) is 83.9 Å². The second kappa shape index (κ2) is 8.43. The third-order valence-electron chi connectivity index (χ3n) is 6.60. The first-order valence-corrected chi connectivity index (χ1v) is 10.8. The topological polar surface area (TPSA) is 43.4 Å². The highest BCUT2D eigenvalue weighted by atomic mass is 16.5. The van der Waals surface area contributed by atoms with Crippen LogP contribution >= 0.6 is 0 Å². The fourth-order valence-electron chi connectivity index (χ4n) is 4.77. The van der Waals surface area contributed by atoms with Crippen molar-refractivity contribution < 1.29 is 14.3 Å². The molecule has 154 valence electrons. The molecule has 2 atom stereocenters. The Morgan fingerprint density at radius 2 is 1.50 bits per heavy atom. The third kappa shape index (κ3) is 4.02. The van der Waals surface area contributed by atoms with Crippen LogP contribution in [-0.2, 0) is 14.9 Å². The Labute approximate surface area is 178 Å². The number of fused-ring (bicyclic) bond motifs is 1. The van der Waals surface area contributed by atoms with Gasteiger partial charge in [0.05, 0.1) is 0 Å². The van der Waals surface area contributed by atoms with E-state index in [1.807, 2.05) is 12.1 Å². The Kier molecular flexibility index (Phi) is 5.72. The van der Waals surface area contributed by atoms with Crippen LogP contribution < -0.4 is 0 Å². The predicted octanol–water partition coefficient (Wildman–Crippen LogP) is 6.10. The minimum Gasteiger partial charge on any atom is -0.456 e. The number of ketones is 1. The summed E-state index contributed by atoms with van der Waals surface area (Å²) in [4.78, 5) is 25.1. The quantitative estimate of drug-likeness (QED) is 0.295. The highest BCUT2D eigenvalue weighted by molar-refractivity contribution is 6.40. The molecule has 0 bridgehead atoms. The lowest BCUT2D eigenvalue weighted by Crippen LogP contribution is -2.42. The molecule has 0 N–H and O–H groups in total. The highest BCUT2D eigenvalue weighted by Gasteiger charge is 2.41. The molecule has 0 spiro atoms. The number of benzene rings is 3. The summed E-state index contributed by atoms with van der Waals surface area (Å²) in [6.07, 6.45) is 3.66. The van der Waals surface area contributed by atoms with Gasteiger partial charge >= 0.3 is 5.97 Å². The van der Waals surface area contributed by atoms with Crippen LogP contribution in [0.25, 0.3) is 10.8 Å². The van der Waals surface area contributed by atoms with Crippen LogP contribution in [0.1, 0.15) is 55.5 Å². The molecular weight excluding hydrogens is 372 g/mol. The second-order valence-corrected chi connectivity index (χ2v) is 8.81. The normalized spacial score (nSPS) is 19.4. The lowest BCUT2D eigenvalue weighted by molar-refractivity contribution is -0.149. The van der Waals surface area contributed by atoms with Gasteiger partial charge in [-0.25, -0.2) is 4.79 Å². The molecule has 0 amide bonds. The molecule has 1 aliphatic rings. The van der Waals surface area contributed by atoms with E-state index in [0.29, 0.717) is 5.56 Å². The van der Waals surface area contributed by atoms with Crippen molar-refractivity contribution in [1.29, 1.82) is 0 Å². The molecule has 0 unspecified atom stereocenters. The number of Topliss-reactive ketones (excluding diaryl/α,β-unsaturated/α-hetero) is 1. The van der Waals surface area contributed by atoms with Gasteiger partial charge in [-0.15, -0.1) is 0 Å². The number of carbonyl (C=O) groups excluding carboxylic acids is 2. The summed E-state index contributed by atoms with van der Waals surface area (Å²) in [6, 6.07) is 23.6. The molecule has 0 aliphatic heterocycles. The van der Waals surface area contributed by atoms with Crippen molar-refractivity contribution in [3.8, 4) is 0 Å². The average molecular weight is 401 g/mol. The van der Waals surface area contributed by atoms with Gasteiger partial charge in [0, 0.05) is 11.5 Å². The molecule has 1 fully saturated rings. The van der Waals surface area contributed by atoms with Crippen LogP contribution in [0.4, 0.5) is 0 Å². The van der Waals surface area contributed by atoms with Crippen molar-refractivity contribution in [2.75, 3.05) is 0 Å². The summed E-state index contributed by atoms with van der Waals surface area (Å²) in [5.74, 6) is -1.14. The molecule has 1 saturated carbocycles. The van der Waals surface area contributed by atoms with Crippen LogP contribution in [0.3, 0.4) is 0 Å². The number of esters is 1. The van der Waals surface area contributed by atoms with Crippen LogP contribution in [0.5, 0.6) is 0 Å². The van der Waals surface area contributed by atoms with Gasteiger partial charge in [0.25, 0.3) is 5.78 Å². The Hall–Kier alpha value is -2.94. The van der Waals surface area contributed by atoms with Crippen LogP contribution in [-0.4, -0.2) is 17.9 Å². The van der Waals surface area contributed by atoms with E-state index in [-0.39, 0.29) is 17.4 Å². The van der Waals surface area contributed by atoms with Gasteiger partial charge in [0.15, 0.2) is 0 Å². The van der Waals surface area contributed by atoms with Gasteiger partial charge < -0.3 is 4.74 Å². The van der Waals surface area contributed by atoms with E-state index in [4.69, 9.17) is 4.74 Å². The smallest absolute Gasteiger partial charge is 0.379 e. The maximum Gasteiger partial charge on any atom is 0.379 e. The Morgan fingerprint density at radius 1 is 0.833 bits per heavy atom. The minimum atomic E-state index is -0.743. The van der Waals surface area contributed by atoms with Crippen LogP contribution in [0.15, 0.2) is 72.8 Å². The Morgan fingerprint density at radius 3 is 2.27 bits per heavy atom. The van der Waals surface area contributed by atoms with Crippen LogP contribution in [0.2, 0.25) is 0 Å². The zero-order chi connectivity index (χ0) is 21.1. The number of hydrogen-bond donors (Lipinski definition) is 0. The maximum atomic E-state index is 12.6. The Bertz CT molecular complexity index is 1050. The second-order valence-electron chi connectivity index (χ2n) is 8.81. The molecule has 30 heavy (non-hydrogen) atoms. The molecule has 0 radical (unpaired) electrons. The number of carbonyl (C=O) groups is 2. The lowest BCUT2D eigenvalue weighted by Gasteiger charge is -2.42. The predicted molar refractivity (Wildman–Crippen MR) is 120 cm³/mol. The molecule has 4 rings (SSSR count). The summed E-state index contributed by atoms with van der Waals surface area (Å²) in [5, 5.41) is 2.43. The largest absolute Gasteiger partial charge is 0.456 e. The van der Waals surface area contributed by atoms with Crippen LogP contribution in [0, 0.1) is 5.92 Å².